The molecule has 10 heteroatoms. The van der Waals surface area contributed by atoms with E-state index in [0.29, 0.717) is 18.1 Å². The Morgan fingerprint density at radius 3 is 2.78 bits per heavy atom. The van der Waals surface area contributed by atoms with Crippen molar-refractivity contribution < 1.29 is 22.7 Å². The van der Waals surface area contributed by atoms with Crippen LogP contribution >= 0.6 is 11.3 Å². The van der Waals surface area contributed by atoms with Gasteiger partial charge in [-0.15, -0.1) is 11.3 Å². The van der Waals surface area contributed by atoms with Crippen molar-refractivity contribution in [1.29, 1.82) is 0 Å². The summed E-state index contributed by atoms with van der Waals surface area (Å²) in [6, 6.07) is 0. The molecule has 23 heavy (non-hydrogen) atoms. The van der Waals surface area contributed by atoms with E-state index in [-0.39, 0.29) is 31.9 Å². The van der Waals surface area contributed by atoms with Crippen molar-refractivity contribution in [2.24, 2.45) is 0 Å². The van der Waals surface area contributed by atoms with Gasteiger partial charge in [-0.25, -0.2) is 13.4 Å². The molecule has 1 aromatic heterocycles. The van der Waals surface area contributed by atoms with Crippen molar-refractivity contribution in [2.45, 2.75) is 32.7 Å². The summed E-state index contributed by atoms with van der Waals surface area (Å²) in [6.07, 6.45) is 1.75. The highest BCUT2D eigenvalue weighted by Gasteiger charge is 2.26. The molecule has 0 atom stereocenters. The lowest BCUT2D eigenvalue weighted by atomic mass is 10.2. The van der Waals surface area contributed by atoms with Crippen LogP contribution in [0.1, 0.15) is 30.3 Å². The van der Waals surface area contributed by atoms with Crippen LogP contribution in [-0.2, 0) is 37.3 Å². The van der Waals surface area contributed by atoms with Crippen molar-refractivity contribution in [3.8, 4) is 0 Å². The molecule has 0 unspecified atom stereocenters. The molecule has 0 saturated carbocycles. The zero-order chi connectivity index (χ0) is 17.0. The topological polar surface area (TPSA) is 106 Å². The minimum atomic E-state index is -3.23. The average Bonchev–Trinajstić information content (AvgIpc) is 2.85. The summed E-state index contributed by atoms with van der Waals surface area (Å²) in [7, 11) is -3.23. The molecule has 0 aliphatic carbocycles. The number of fused-ring (bicyclic) bond motifs is 1. The molecule has 0 bridgehead atoms. The fourth-order valence-corrected chi connectivity index (χ4v) is 4.05. The summed E-state index contributed by atoms with van der Waals surface area (Å²) < 4.78 is 29.3. The third-order valence-corrected chi connectivity index (χ3v) is 5.52. The normalized spacial score (nSPS) is 15.0. The smallest absolute Gasteiger partial charge is 0.306 e. The maximum Gasteiger partial charge on any atom is 0.306 e. The molecule has 0 spiro atoms. The number of carbonyl (C=O) groups excluding carboxylic acids is 2. The van der Waals surface area contributed by atoms with Crippen LogP contribution in [0, 0.1) is 0 Å². The third-order valence-electron chi connectivity index (χ3n) is 3.27. The number of rotatable bonds is 6. The first-order chi connectivity index (χ1) is 10.8. The van der Waals surface area contributed by atoms with Crippen LogP contribution in [0.4, 0.5) is 5.13 Å². The van der Waals surface area contributed by atoms with E-state index in [2.05, 4.69) is 10.3 Å². The second kappa shape index (κ2) is 7.37. The van der Waals surface area contributed by atoms with Crippen molar-refractivity contribution in [3.05, 3.63) is 10.6 Å². The summed E-state index contributed by atoms with van der Waals surface area (Å²) in [6.45, 7) is 2.67. The Morgan fingerprint density at radius 1 is 1.39 bits per heavy atom. The number of anilines is 1. The Balaban J connectivity index is 1.92. The zero-order valence-electron chi connectivity index (χ0n) is 13.0. The van der Waals surface area contributed by atoms with Gasteiger partial charge < -0.3 is 10.1 Å². The predicted octanol–water partition coefficient (Wildman–Crippen LogP) is 0.743. The Labute approximate surface area is 138 Å². The van der Waals surface area contributed by atoms with E-state index in [9.17, 15) is 18.0 Å². The summed E-state index contributed by atoms with van der Waals surface area (Å²) in [5, 5.41) is 3.07. The summed E-state index contributed by atoms with van der Waals surface area (Å²) in [5.74, 6) is -0.728. The van der Waals surface area contributed by atoms with Gasteiger partial charge in [0.05, 0.1) is 25.0 Å². The number of carbonyl (C=O) groups is 2. The number of aromatic nitrogens is 1. The van der Waals surface area contributed by atoms with Gasteiger partial charge in [-0.3, -0.25) is 9.59 Å². The average molecular weight is 361 g/mol. The highest BCUT2D eigenvalue weighted by atomic mass is 32.2. The summed E-state index contributed by atoms with van der Waals surface area (Å²) >= 11 is 1.26. The van der Waals surface area contributed by atoms with Crippen LogP contribution in [-0.4, -0.2) is 49.0 Å². The molecule has 2 rings (SSSR count). The number of hydrogen-bond donors (Lipinski definition) is 1. The molecule has 0 aromatic carbocycles. The lowest BCUT2D eigenvalue weighted by Crippen LogP contribution is -2.34. The molecule has 1 N–H and O–H groups in total. The molecule has 8 nitrogen and oxygen atoms in total. The van der Waals surface area contributed by atoms with Crippen LogP contribution in [0.25, 0.3) is 0 Å². The largest absolute Gasteiger partial charge is 0.466 e. The van der Waals surface area contributed by atoms with Crippen LogP contribution in [0.5, 0.6) is 0 Å². The lowest BCUT2D eigenvalue weighted by molar-refractivity contribution is -0.144. The predicted molar refractivity (Wildman–Crippen MR) is 85.6 cm³/mol. The number of thiazole rings is 1. The van der Waals surface area contributed by atoms with Crippen LogP contribution in [0.2, 0.25) is 0 Å². The first kappa shape index (κ1) is 17.8. The van der Waals surface area contributed by atoms with Crippen molar-refractivity contribution in [2.75, 3.05) is 24.7 Å². The standard InChI is InChI=1S/C13H19N3O5S2/c1-3-21-12(18)5-4-11(17)15-13-14-9-6-7-16(23(2,19)20)8-10(9)22-13/h3-8H2,1-2H3,(H,14,15,17). The molecule has 0 saturated heterocycles. The van der Waals surface area contributed by atoms with Gasteiger partial charge >= 0.3 is 5.97 Å². The number of sulfonamides is 1. The van der Waals surface area contributed by atoms with Gasteiger partial charge in [-0.1, -0.05) is 0 Å². The molecule has 0 radical (unpaired) electrons. The van der Waals surface area contributed by atoms with Gasteiger partial charge in [0, 0.05) is 30.8 Å². The Morgan fingerprint density at radius 2 is 2.13 bits per heavy atom. The van der Waals surface area contributed by atoms with Gasteiger partial charge in [-0.05, 0) is 6.92 Å². The number of esters is 1. The molecule has 1 aliphatic heterocycles. The Hall–Kier alpha value is -1.52. The maximum atomic E-state index is 11.8. The number of nitrogens with one attached hydrogen (secondary N) is 1. The Bertz CT molecular complexity index is 698. The molecular weight excluding hydrogens is 342 g/mol. The number of amides is 1. The number of hydrogen-bond acceptors (Lipinski definition) is 7. The maximum absolute atomic E-state index is 11.8. The van der Waals surface area contributed by atoms with E-state index < -0.39 is 16.0 Å². The van der Waals surface area contributed by atoms with Crippen LogP contribution in [0.15, 0.2) is 0 Å². The molecule has 1 aromatic rings. The van der Waals surface area contributed by atoms with E-state index in [1.54, 1.807) is 6.92 Å². The van der Waals surface area contributed by atoms with E-state index in [1.165, 1.54) is 21.9 Å². The molecule has 1 aliphatic rings. The lowest BCUT2D eigenvalue weighted by Gasteiger charge is -2.23. The van der Waals surface area contributed by atoms with E-state index in [0.717, 1.165) is 10.6 Å². The monoisotopic (exact) mass is 361 g/mol. The molecule has 1 amide bonds. The van der Waals surface area contributed by atoms with Crippen LogP contribution < -0.4 is 5.32 Å². The number of ether oxygens (including phenoxy) is 1. The molecular formula is C13H19N3O5S2. The SMILES string of the molecule is CCOC(=O)CCC(=O)Nc1nc2c(s1)CN(S(C)(=O)=O)CC2. The highest BCUT2D eigenvalue weighted by molar-refractivity contribution is 7.88. The van der Waals surface area contributed by atoms with E-state index >= 15 is 0 Å². The fraction of sp³-hybridized carbons (Fsp3) is 0.615. The van der Waals surface area contributed by atoms with Gasteiger partial charge in [0.15, 0.2) is 5.13 Å². The summed E-state index contributed by atoms with van der Waals surface area (Å²) in [5.41, 5.74) is 0.815. The van der Waals surface area contributed by atoms with Gasteiger partial charge in [0.2, 0.25) is 15.9 Å². The molecule has 2 heterocycles. The second-order valence-electron chi connectivity index (χ2n) is 5.09. The van der Waals surface area contributed by atoms with Crippen molar-refractivity contribution >= 4 is 38.4 Å². The van der Waals surface area contributed by atoms with Crippen molar-refractivity contribution in [1.82, 2.24) is 9.29 Å². The van der Waals surface area contributed by atoms with Gasteiger partial charge in [-0.2, -0.15) is 4.31 Å². The first-order valence-electron chi connectivity index (χ1n) is 7.18. The van der Waals surface area contributed by atoms with E-state index in [4.69, 9.17) is 4.74 Å². The van der Waals surface area contributed by atoms with Gasteiger partial charge in [0.1, 0.15) is 0 Å². The van der Waals surface area contributed by atoms with E-state index in [1.807, 2.05) is 0 Å². The third kappa shape index (κ3) is 4.98. The Kier molecular flexibility index (Phi) is 5.71. The molecule has 0 fully saturated rings. The minimum Gasteiger partial charge on any atom is -0.466 e. The van der Waals surface area contributed by atoms with Gasteiger partial charge in [0.25, 0.3) is 0 Å². The fourth-order valence-electron chi connectivity index (χ4n) is 2.14. The first-order valence-corrected chi connectivity index (χ1v) is 9.85. The second-order valence-corrected chi connectivity index (χ2v) is 8.15. The summed E-state index contributed by atoms with van der Waals surface area (Å²) in [4.78, 5) is 28.2. The quantitative estimate of drug-likeness (QED) is 0.749. The number of nitrogens with zero attached hydrogens (tertiary/aromatic N) is 2. The zero-order valence-corrected chi connectivity index (χ0v) is 14.6. The molecule has 128 valence electrons. The van der Waals surface area contributed by atoms with Crippen LogP contribution in [0.3, 0.4) is 0 Å². The van der Waals surface area contributed by atoms with Crippen molar-refractivity contribution in [3.63, 3.8) is 0 Å². The minimum absolute atomic E-state index is 0.0205. The highest BCUT2D eigenvalue weighted by Crippen LogP contribution is 2.29.